The fraction of sp³-hybridized carbons (Fsp3) is 0.583. The molecule has 2 atom stereocenters. The third-order valence-corrected chi connectivity index (χ3v) is 3.50. The van der Waals surface area contributed by atoms with Crippen molar-refractivity contribution < 1.29 is 5.11 Å². The molecule has 4 heteroatoms. The van der Waals surface area contributed by atoms with E-state index in [2.05, 4.69) is 23.1 Å². The molecule has 0 aromatic carbocycles. The summed E-state index contributed by atoms with van der Waals surface area (Å²) in [6.07, 6.45) is 3.41. The number of hydrogen-bond acceptors (Lipinski definition) is 4. The Morgan fingerprint density at radius 2 is 2.19 bits per heavy atom. The predicted molar refractivity (Wildman–Crippen MR) is 71.1 cm³/mol. The normalized spacial score (nSPS) is 14.6. The van der Waals surface area contributed by atoms with Gasteiger partial charge in [-0.3, -0.25) is 0 Å². The highest BCUT2D eigenvalue weighted by atomic mass is 32.2. The highest BCUT2D eigenvalue weighted by Gasteiger charge is 2.11. The second kappa shape index (κ2) is 6.11. The van der Waals surface area contributed by atoms with Crippen molar-refractivity contribution in [1.82, 2.24) is 4.98 Å². The molecule has 0 amide bonds. The number of anilines is 1. The van der Waals surface area contributed by atoms with Crippen LogP contribution in [0.25, 0.3) is 0 Å². The van der Waals surface area contributed by atoms with Gasteiger partial charge in [0, 0.05) is 25.0 Å². The van der Waals surface area contributed by atoms with Crippen LogP contribution in [-0.2, 0) is 0 Å². The number of aliphatic hydroxyl groups is 1. The highest BCUT2D eigenvalue weighted by Crippen LogP contribution is 2.19. The van der Waals surface area contributed by atoms with Gasteiger partial charge in [0.15, 0.2) is 0 Å². The van der Waals surface area contributed by atoms with E-state index in [0.29, 0.717) is 6.04 Å². The van der Waals surface area contributed by atoms with Gasteiger partial charge in [0.1, 0.15) is 5.82 Å². The minimum atomic E-state index is -0.439. The number of pyridine rings is 1. The van der Waals surface area contributed by atoms with Gasteiger partial charge in [0.2, 0.25) is 0 Å². The maximum absolute atomic E-state index is 9.52. The average molecular weight is 240 g/mol. The van der Waals surface area contributed by atoms with Gasteiger partial charge in [0.25, 0.3) is 0 Å². The van der Waals surface area contributed by atoms with Crippen molar-refractivity contribution in [2.45, 2.75) is 26.0 Å². The standard InChI is InChI=1S/C12H20N2OS/c1-9(8-16-4)14(3)12-7-11(10(2)15)5-6-13-12/h5-7,9-10,15H,8H2,1-4H3/t9?,10-/m0/s1. The van der Waals surface area contributed by atoms with E-state index in [1.165, 1.54) is 0 Å². The molecule has 1 N–H and O–H groups in total. The van der Waals surface area contributed by atoms with E-state index in [0.717, 1.165) is 17.1 Å². The zero-order valence-corrected chi connectivity index (χ0v) is 11.2. The molecular formula is C12H20N2OS. The number of thioether (sulfide) groups is 1. The first-order valence-corrected chi connectivity index (χ1v) is 6.81. The molecule has 1 aromatic heterocycles. The van der Waals surface area contributed by atoms with Crippen LogP contribution in [0.2, 0.25) is 0 Å². The molecule has 0 fully saturated rings. The summed E-state index contributed by atoms with van der Waals surface area (Å²) in [6, 6.07) is 4.23. The summed E-state index contributed by atoms with van der Waals surface area (Å²) in [7, 11) is 2.04. The molecule has 0 aliphatic rings. The number of hydrogen-bond donors (Lipinski definition) is 1. The molecule has 0 spiro atoms. The van der Waals surface area contributed by atoms with Crippen molar-refractivity contribution in [2.75, 3.05) is 24.0 Å². The Morgan fingerprint density at radius 3 is 2.75 bits per heavy atom. The Kier molecular flexibility index (Phi) is 5.09. The molecule has 0 saturated carbocycles. The van der Waals surface area contributed by atoms with Crippen LogP contribution in [0.3, 0.4) is 0 Å². The molecule has 0 saturated heterocycles. The molecule has 0 bridgehead atoms. The number of nitrogens with zero attached hydrogens (tertiary/aromatic N) is 2. The predicted octanol–water partition coefficient (Wildman–Crippen LogP) is 2.32. The summed E-state index contributed by atoms with van der Waals surface area (Å²) in [5.41, 5.74) is 0.910. The fourth-order valence-corrected chi connectivity index (χ4v) is 2.17. The minimum Gasteiger partial charge on any atom is -0.389 e. The smallest absolute Gasteiger partial charge is 0.128 e. The number of aromatic nitrogens is 1. The van der Waals surface area contributed by atoms with E-state index < -0.39 is 6.10 Å². The second-order valence-corrected chi connectivity index (χ2v) is 4.95. The zero-order chi connectivity index (χ0) is 12.1. The summed E-state index contributed by atoms with van der Waals surface area (Å²) in [4.78, 5) is 6.47. The molecule has 0 radical (unpaired) electrons. The summed E-state index contributed by atoms with van der Waals surface area (Å²) in [5, 5.41) is 9.52. The van der Waals surface area contributed by atoms with Crippen LogP contribution < -0.4 is 4.90 Å². The lowest BCUT2D eigenvalue weighted by Gasteiger charge is -2.25. The van der Waals surface area contributed by atoms with Gasteiger partial charge in [-0.15, -0.1) is 0 Å². The quantitative estimate of drug-likeness (QED) is 0.857. The van der Waals surface area contributed by atoms with Gasteiger partial charge >= 0.3 is 0 Å². The lowest BCUT2D eigenvalue weighted by atomic mass is 10.1. The maximum atomic E-state index is 9.52. The Bertz CT molecular complexity index is 331. The van der Waals surface area contributed by atoms with Gasteiger partial charge in [-0.1, -0.05) is 0 Å². The lowest BCUT2D eigenvalue weighted by molar-refractivity contribution is 0.199. The van der Waals surface area contributed by atoms with Crippen LogP contribution in [0.1, 0.15) is 25.5 Å². The van der Waals surface area contributed by atoms with Crippen molar-refractivity contribution in [1.29, 1.82) is 0 Å². The third-order valence-electron chi connectivity index (χ3n) is 2.68. The second-order valence-electron chi connectivity index (χ2n) is 4.04. The molecule has 3 nitrogen and oxygen atoms in total. The monoisotopic (exact) mass is 240 g/mol. The van der Waals surface area contributed by atoms with Gasteiger partial charge < -0.3 is 10.0 Å². The first-order valence-electron chi connectivity index (χ1n) is 5.42. The van der Waals surface area contributed by atoms with E-state index in [-0.39, 0.29) is 0 Å². The van der Waals surface area contributed by atoms with E-state index >= 15 is 0 Å². The van der Waals surface area contributed by atoms with Gasteiger partial charge in [-0.25, -0.2) is 4.98 Å². The molecule has 90 valence electrons. The van der Waals surface area contributed by atoms with Crippen LogP contribution in [-0.4, -0.2) is 35.2 Å². The van der Waals surface area contributed by atoms with Crippen LogP contribution in [0.15, 0.2) is 18.3 Å². The first kappa shape index (κ1) is 13.3. The average Bonchev–Trinajstić information content (AvgIpc) is 2.28. The Hall–Kier alpha value is -0.740. The highest BCUT2D eigenvalue weighted by molar-refractivity contribution is 7.98. The Balaban J connectivity index is 2.82. The van der Waals surface area contributed by atoms with E-state index in [1.54, 1.807) is 13.1 Å². The van der Waals surface area contributed by atoms with E-state index in [4.69, 9.17) is 0 Å². The van der Waals surface area contributed by atoms with Crippen molar-refractivity contribution in [2.24, 2.45) is 0 Å². The molecule has 1 heterocycles. The lowest BCUT2D eigenvalue weighted by Crippen LogP contribution is -2.31. The van der Waals surface area contributed by atoms with Crippen LogP contribution in [0.4, 0.5) is 5.82 Å². The van der Waals surface area contributed by atoms with Crippen molar-refractivity contribution >= 4 is 17.6 Å². The SMILES string of the molecule is CSCC(C)N(C)c1cc([C@H](C)O)ccn1. The van der Waals surface area contributed by atoms with Crippen LogP contribution in [0, 0.1) is 0 Å². The summed E-state index contributed by atoms with van der Waals surface area (Å²) < 4.78 is 0. The van der Waals surface area contributed by atoms with Crippen LogP contribution >= 0.6 is 11.8 Å². The topological polar surface area (TPSA) is 36.4 Å². The minimum absolute atomic E-state index is 0.437. The van der Waals surface area contributed by atoms with Crippen molar-refractivity contribution in [3.05, 3.63) is 23.9 Å². The molecule has 1 unspecified atom stereocenters. The Morgan fingerprint density at radius 1 is 1.50 bits per heavy atom. The maximum Gasteiger partial charge on any atom is 0.128 e. The molecule has 0 aliphatic heterocycles. The molecule has 1 aromatic rings. The fourth-order valence-electron chi connectivity index (χ4n) is 1.47. The van der Waals surface area contributed by atoms with E-state index in [1.807, 2.05) is 30.9 Å². The summed E-state index contributed by atoms with van der Waals surface area (Å²) >= 11 is 1.82. The number of aliphatic hydroxyl groups excluding tert-OH is 1. The molecular weight excluding hydrogens is 220 g/mol. The van der Waals surface area contributed by atoms with Gasteiger partial charge in [-0.05, 0) is 37.8 Å². The van der Waals surface area contributed by atoms with Crippen molar-refractivity contribution in [3.63, 3.8) is 0 Å². The third kappa shape index (κ3) is 3.39. The zero-order valence-electron chi connectivity index (χ0n) is 10.3. The van der Waals surface area contributed by atoms with Crippen LogP contribution in [0.5, 0.6) is 0 Å². The Labute approximate surface area is 102 Å². The summed E-state index contributed by atoms with van der Waals surface area (Å²) in [6.45, 7) is 3.94. The van der Waals surface area contributed by atoms with E-state index in [9.17, 15) is 5.11 Å². The van der Waals surface area contributed by atoms with Crippen molar-refractivity contribution in [3.8, 4) is 0 Å². The van der Waals surface area contributed by atoms with Gasteiger partial charge in [0.05, 0.1) is 6.10 Å². The van der Waals surface area contributed by atoms with Gasteiger partial charge in [-0.2, -0.15) is 11.8 Å². The molecule has 1 rings (SSSR count). The molecule has 16 heavy (non-hydrogen) atoms. The summed E-state index contributed by atoms with van der Waals surface area (Å²) in [5.74, 6) is 1.98. The number of rotatable bonds is 5. The first-order chi connectivity index (χ1) is 7.56. The largest absolute Gasteiger partial charge is 0.389 e. The molecule has 0 aliphatic carbocycles.